The van der Waals surface area contributed by atoms with Gasteiger partial charge in [-0.3, -0.25) is 0 Å². The average Bonchev–Trinajstić information content (AvgIpc) is 2.04. The lowest BCUT2D eigenvalue weighted by Gasteiger charge is -2.37. The van der Waals surface area contributed by atoms with Crippen LogP contribution >= 0.6 is 0 Å². The Labute approximate surface area is 84.4 Å². The first-order chi connectivity index (χ1) is 6.31. The zero-order valence-corrected chi connectivity index (χ0v) is 9.67. The topological polar surface area (TPSA) is 79.2 Å². The molecule has 0 radical (unpaired) electrons. The van der Waals surface area contributed by atoms with Crippen molar-refractivity contribution in [2.45, 2.75) is 44.2 Å². The van der Waals surface area contributed by atoms with Gasteiger partial charge in [0.1, 0.15) is 18.3 Å². The van der Waals surface area contributed by atoms with E-state index in [4.69, 9.17) is 9.16 Å². The molecule has 1 saturated heterocycles. The molecule has 1 heterocycles. The van der Waals surface area contributed by atoms with Crippen LogP contribution < -0.4 is 0 Å². The summed E-state index contributed by atoms with van der Waals surface area (Å²) in [6.45, 7) is 5.87. The van der Waals surface area contributed by atoms with Crippen molar-refractivity contribution in [1.82, 2.24) is 0 Å². The Morgan fingerprint density at radius 1 is 1.14 bits per heavy atom. The van der Waals surface area contributed by atoms with E-state index in [1.54, 1.807) is 0 Å². The Morgan fingerprint density at radius 3 is 2.21 bits per heavy atom. The van der Waals surface area contributed by atoms with Crippen LogP contribution in [0.1, 0.15) is 0 Å². The molecule has 1 unspecified atom stereocenters. The van der Waals surface area contributed by atoms with Gasteiger partial charge in [0.05, 0.1) is 6.61 Å². The molecule has 1 aliphatic rings. The minimum atomic E-state index is -1.82. The zero-order valence-electron chi connectivity index (χ0n) is 8.67. The smallest absolute Gasteiger partial charge is 0.187 e. The second-order valence-electron chi connectivity index (χ2n) is 4.48. The molecule has 3 N–H and O–H groups in total. The van der Waals surface area contributed by atoms with Gasteiger partial charge in [0.15, 0.2) is 14.6 Å². The summed E-state index contributed by atoms with van der Waals surface area (Å²) in [4.78, 5) is 0. The summed E-state index contributed by atoms with van der Waals surface area (Å²) in [5.41, 5.74) is 0. The molecule has 6 heteroatoms. The van der Waals surface area contributed by atoms with Crippen LogP contribution in [0.4, 0.5) is 0 Å². The Morgan fingerprint density at radius 2 is 1.71 bits per heavy atom. The normalized spacial score (nSPS) is 39.9. The number of hydrogen-bond acceptors (Lipinski definition) is 5. The highest BCUT2D eigenvalue weighted by atomic mass is 28.4. The van der Waals surface area contributed by atoms with Gasteiger partial charge in [-0.15, -0.1) is 0 Å². The second-order valence-corrected chi connectivity index (χ2v) is 8.94. The Bertz CT molecular complexity index is 193. The molecule has 1 fully saturated rings. The molecule has 5 nitrogen and oxygen atoms in total. The van der Waals surface area contributed by atoms with Gasteiger partial charge >= 0.3 is 0 Å². The van der Waals surface area contributed by atoms with Crippen LogP contribution in [0.2, 0.25) is 19.6 Å². The highest BCUT2D eigenvalue weighted by Crippen LogP contribution is 2.19. The molecule has 84 valence electrons. The van der Waals surface area contributed by atoms with E-state index < -0.39 is 32.9 Å². The molecule has 0 aromatic carbocycles. The minimum Gasteiger partial charge on any atom is -0.391 e. The number of hydrogen-bond donors (Lipinski definition) is 3. The highest BCUT2D eigenvalue weighted by Gasteiger charge is 2.39. The molecular weight excluding hydrogens is 204 g/mol. The lowest BCUT2D eigenvalue weighted by atomic mass is 10.1. The fourth-order valence-electron chi connectivity index (χ4n) is 1.23. The lowest BCUT2D eigenvalue weighted by Crippen LogP contribution is -2.55. The molecule has 0 amide bonds. The van der Waals surface area contributed by atoms with Gasteiger partial charge in [0, 0.05) is 0 Å². The van der Waals surface area contributed by atoms with E-state index in [2.05, 4.69) is 0 Å². The molecule has 0 aromatic heterocycles. The Balaban J connectivity index is 2.55. The van der Waals surface area contributed by atoms with E-state index >= 15 is 0 Å². The number of aliphatic hydroxyl groups is 3. The van der Waals surface area contributed by atoms with Crippen molar-refractivity contribution >= 4 is 8.32 Å². The summed E-state index contributed by atoms with van der Waals surface area (Å²) in [5.74, 6) is 0. The average molecular weight is 222 g/mol. The fourth-order valence-corrected chi connectivity index (χ4v) is 2.14. The van der Waals surface area contributed by atoms with Crippen molar-refractivity contribution in [2.24, 2.45) is 0 Å². The minimum absolute atomic E-state index is 0.00657. The van der Waals surface area contributed by atoms with Gasteiger partial charge in [0.2, 0.25) is 0 Å². The third-order valence-corrected chi connectivity index (χ3v) is 2.86. The van der Waals surface area contributed by atoms with E-state index in [1.165, 1.54) is 0 Å². The molecule has 0 bridgehead atoms. The molecule has 14 heavy (non-hydrogen) atoms. The molecule has 0 saturated carbocycles. The largest absolute Gasteiger partial charge is 0.391 e. The van der Waals surface area contributed by atoms with Crippen LogP contribution in [-0.4, -0.2) is 54.8 Å². The van der Waals surface area contributed by atoms with Crippen molar-refractivity contribution in [3.63, 3.8) is 0 Å². The van der Waals surface area contributed by atoms with Crippen LogP contribution in [0, 0.1) is 0 Å². The Hall–Kier alpha value is 0.0169. The predicted molar refractivity (Wildman–Crippen MR) is 52.2 cm³/mol. The van der Waals surface area contributed by atoms with Gasteiger partial charge < -0.3 is 24.5 Å². The molecule has 0 aliphatic carbocycles. The standard InChI is InChI=1S/C8H18O5Si/c1-14(2,3)13-8-7(11)6(10)5(9)4-12-8/h5-11H,4H2,1-3H3/t5-,6+,7-,8?/m1/s1. The van der Waals surface area contributed by atoms with E-state index in [9.17, 15) is 15.3 Å². The van der Waals surface area contributed by atoms with Crippen LogP contribution in [0.3, 0.4) is 0 Å². The van der Waals surface area contributed by atoms with Gasteiger partial charge in [0.25, 0.3) is 0 Å². The Kier molecular flexibility index (Phi) is 3.67. The maximum Gasteiger partial charge on any atom is 0.187 e. The summed E-state index contributed by atoms with van der Waals surface area (Å²) >= 11 is 0. The van der Waals surface area contributed by atoms with E-state index in [0.717, 1.165) is 0 Å². The van der Waals surface area contributed by atoms with Gasteiger partial charge in [-0.1, -0.05) is 0 Å². The maximum atomic E-state index is 9.53. The van der Waals surface area contributed by atoms with Crippen molar-refractivity contribution in [3.8, 4) is 0 Å². The van der Waals surface area contributed by atoms with Gasteiger partial charge in [-0.05, 0) is 19.6 Å². The lowest BCUT2D eigenvalue weighted by molar-refractivity contribution is -0.245. The second kappa shape index (κ2) is 4.26. The van der Waals surface area contributed by atoms with Crippen molar-refractivity contribution in [2.75, 3.05) is 6.61 Å². The maximum absolute atomic E-state index is 9.53. The zero-order chi connectivity index (χ0) is 10.9. The van der Waals surface area contributed by atoms with E-state index in [0.29, 0.717) is 0 Å². The third-order valence-electron chi connectivity index (χ3n) is 1.92. The van der Waals surface area contributed by atoms with Crippen LogP contribution in [0.25, 0.3) is 0 Å². The first-order valence-electron chi connectivity index (χ1n) is 4.65. The SMILES string of the molecule is C[Si](C)(C)OC1OC[C@@H](O)[C@H](O)[C@H]1O. The summed E-state index contributed by atoms with van der Waals surface area (Å²) in [5, 5.41) is 28.1. The summed E-state index contributed by atoms with van der Waals surface area (Å²) < 4.78 is 10.6. The molecule has 1 aliphatic heterocycles. The van der Waals surface area contributed by atoms with Crippen molar-refractivity contribution in [1.29, 1.82) is 0 Å². The summed E-state index contributed by atoms with van der Waals surface area (Å²) in [6.07, 6.45) is -4.22. The van der Waals surface area contributed by atoms with Crippen molar-refractivity contribution < 1.29 is 24.5 Å². The van der Waals surface area contributed by atoms with Crippen LogP contribution in [-0.2, 0) is 9.16 Å². The van der Waals surface area contributed by atoms with Crippen molar-refractivity contribution in [3.05, 3.63) is 0 Å². The fraction of sp³-hybridized carbons (Fsp3) is 1.00. The molecule has 4 atom stereocenters. The van der Waals surface area contributed by atoms with Gasteiger partial charge in [-0.25, -0.2) is 0 Å². The molecular formula is C8H18O5Si. The summed E-state index contributed by atoms with van der Waals surface area (Å²) in [6, 6.07) is 0. The number of rotatable bonds is 2. The van der Waals surface area contributed by atoms with Gasteiger partial charge in [-0.2, -0.15) is 0 Å². The van der Waals surface area contributed by atoms with E-state index in [-0.39, 0.29) is 6.61 Å². The first-order valence-corrected chi connectivity index (χ1v) is 8.06. The number of ether oxygens (including phenoxy) is 1. The monoisotopic (exact) mass is 222 g/mol. The molecule has 1 rings (SSSR count). The summed E-state index contributed by atoms with van der Waals surface area (Å²) in [7, 11) is -1.82. The molecule has 0 aromatic rings. The molecule has 0 spiro atoms. The first kappa shape index (κ1) is 12.1. The quantitative estimate of drug-likeness (QED) is 0.537. The van der Waals surface area contributed by atoms with Crippen LogP contribution in [0.15, 0.2) is 0 Å². The van der Waals surface area contributed by atoms with Crippen LogP contribution in [0.5, 0.6) is 0 Å². The third kappa shape index (κ3) is 3.01. The number of aliphatic hydroxyl groups excluding tert-OH is 3. The highest BCUT2D eigenvalue weighted by molar-refractivity contribution is 6.69. The van der Waals surface area contributed by atoms with E-state index in [1.807, 2.05) is 19.6 Å². The predicted octanol–water partition coefficient (Wildman–Crippen LogP) is -0.723.